The highest BCUT2D eigenvalue weighted by atomic mass is 16.5. The first-order valence-corrected chi connectivity index (χ1v) is 6.64. The van der Waals surface area contributed by atoms with Gasteiger partial charge in [0.1, 0.15) is 0 Å². The molecule has 6 heteroatoms. The number of hydrogen-bond acceptors (Lipinski definition) is 5. The minimum absolute atomic E-state index is 0.0681. The number of carbonyl (C=O) groups excluding carboxylic acids is 1. The Labute approximate surface area is 105 Å². The second kappa shape index (κ2) is 4.68. The van der Waals surface area contributed by atoms with Crippen LogP contribution in [0.25, 0.3) is 0 Å². The molecular formula is C12H18N4O2. The van der Waals surface area contributed by atoms with E-state index in [4.69, 9.17) is 10.3 Å². The van der Waals surface area contributed by atoms with Gasteiger partial charge in [-0.1, -0.05) is 18.0 Å². The molecule has 0 aliphatic heterocycles. The van der Waals surface area contributed by atoms with E-state index in [0.29, 0.717) is 11.9 Å². The van der Waals surface area contributed by atoms with E-state index < -0.39 is 0 Å². The Hall–Kier alpha value is -1.43. The maximum absolute atomic E-state index is 11.7. The molecule has 0 saturated heterocycles. The molecule has 0 radical (unpaired) electrons. The second-order valence-electron chi connectivity index (χ2n) is 5.26. The number of aromatic nitrogens is 2. The number of nitrogens with zero attached hydrogens (tertiary/aromatic N) is 2. The van der Waals surface area contributed by atoms with Crippen LogP contribution in [0, 0.1) is 0 Å². The highest BCUT2D eigenvalue weighted by Crippen LogP contribution is 2.30. The lowest BCUT2D eigenvalue weighted by molar-refractivity contribution is 0.0937. The van der Waals surface area contributed by atoms with E-state index in [1.807, 2.05) is 0 Å². The number of nitrogens with one attached hydrogen (secondary N) is 1. The molecule has 3 rings (SSSR count). The Morgan fingerprint density at radius 3 is 2.78 bits per heavy atom. The summed E-state index contributed by atoms with van der Waals surface area (Å²) in [5.41, 5.74) is 6.06. The Bertz CT molecular complexity index is 441. The fourth-order valence-corrected chi connectivity index (χ4v) is 2.42. The summed E-state index contributed by atoms with van der Waals surface area (Å²) in [5.74, 6) is 0.517. The van der Waals surface area contributed by atoms with E-state index in [-0.39, 0.29) is 23.7 Å². The van der Waals surface area contributed by atoms with Crippen LogP contribution in [0.2, 0.25) is 0 Å². The van der Waals surface area contributed by atoms with Crippen LogP contribution in [0.4, 0.5) is 0 Å². The van der Waals surface area contributed by atoms with Crippen molar-refractivity contribution in [3.63, 3.8) is 0 Å². The quantitative estimate of drug-likeness (QED) is 0.832. The van der Waals surface area contributed by atoms with Crippen LogP contribution in [-0.4, -0.2) is 28.1 Å². The molecule has 98 valence electrons. The average Bonchev–Trinajstić information content (AvgIpc) is 3.04. The third kappa shape index (κ3) is 2.38. The molecular weight excluding hydrogens is 232 g/mol. The summed E-state index contributed by atoms with van der Waals surface area (Å²) < 4.78 is 5.20. The van der Waals surface area contributed by atoms with Gasteiger partial charge in [-0.3, -0.25) is 4.79 Å². The molecule has 1 amide bonds. The lowest BCUT2D eigenvalue weighted by Crippen LogP contribution is -2.31. The minimum atomic E-state index is -0.239. The van der Waals surface area contributed by atoms with Gasteiger partial charge in [0, 0.05) is 12.1 Å². The molecule has 6 nitrogen and oxygen atoms in total. The largest absolute Gasteiger partial charge is 0.346 e. The third-order valence-electron chi connectivity index (χ3n) is 3.69. The van der Waals surface area contributed by atoms with Crippen molar-refractivity contribution in [2.75, 3.05) is 0 Å². The monoisotopic (exact) mass is 250 g/mol. The number of rotatable bonds is 3. The van der Waals surface area contributed by atoms with Crippen LogP contribution >= 0.6 is 0 Å². The molecule has 0 aromatic carbocycles. The average molecular weight is 250 g/mol. The zero-order valence-electron chi connectivity index (χ0n) is 10.3. The third-order valence-corrected chi connectivity index (χ3v) is 3.69. The van der Waals surface area contributed by atoms with E-state index in [2.05, 4.69) is 15.5 Å². The maximum atomic E-state index is 11.7. The van der Waals surface area contributed by atoms with Crippen molar-refractivity contribution in [3.8, 4) is 0 Å². The van der Waals surface area contributed by atoms with Crippen molar-refractivity contribution in [3.05, 3.63) is 11.7 Å². The molecule has 0 bridgehead atoms. The van der Waals surface area contributed by atoms with Crippen molar-refractivity contribution < 1.29 is 9.32 Å². The van der Waals surface area contributed by atoms with Gasteiger partial charge in [0.05, 0.1) is 5.92 Å². The van der Waals surface area contributed by atoms with Gasteiger partial charge in [0.2, 0.25) is 5.89 Å². The van der Waals surface area contributed by atoms with Crippen molar-refractivity contribution in [2.24, 2.45) is 5.73 Å². The maximum Gasteiger partial charge on any atom is 0.292 e. The van der Waals surface area contributed by atoms with Crippen LogP contribution in [0.15, 0.2) is 4.52 Å². The van der Waals surface area contributed by atoms with Gasteiger partial charge in [-0.05, 0) is 25.7 Å². The number of nitrogens with two attached hydrogens (primary N) is 1. The molecule has 1 aromatic rings. The molecule has 1 aromatic heterocycles. The number of hydrogen-bond donors (Lipinski definition) is 2. The first-order valence-electron chi connectivity index (χ1n) is 6.64. The van der Waals surface area contributed by atoms with Crippen molar-refractivity contribution in [1.82, 2.24) is 15.5 Å². The molecule has 2 atom stereocenters. The predicted octanol–water partition coefficient (Wildman–Crippen LogP) is 0.947. The van der Waals surface area contributed by atoms with Crippen LogP contribution in [0.1, 0.15) is 61.0 Å². The SMILES string of the molecule is NC1CCCCC1c1nc(C(=O)NC2CC2)no1. The first-order chi connectivity index (χ1) is 8.74. The lowest BCUT2D eigenvalue weighted by Gasteiger charge is -2.25. The normalized spacial score (nSPS) is 28.1. The van der Waals surface area contributed by atoms with Gasteiger partial charge in [-0.2, -0.15) is 4.98 Å². The summed E-state index contributed by atoms with van der Waals surface area (Å²) in [6.45, 7) is 0. The lowest BCUT2D eigenvalue weighted by atomic mass is 9.85. The Kier molecular flexibility index (Phi) is 3.03. The standard InChI is InChI=1S/C12H18N4O2/c13-9-4-2-1-3-8(9)12-15-10(16-18-12)11(17)14-7-5-6-7/h7-9H,1-6,13H2,(H,14,17). The summed E-state index contributed by atoms with van der Waals surface area (Å²) in [5, 5.41) is 6.60. The van der Waals surface area contributed by atoms with E-state index in [1.165, 1.54) is 0 Å². The molecule has 2 saturated carbocycles. The smallest absolute Gasteiger partial charge is 0.292 e. The molecule has 2 aliphatic carbocycles. The summed E-state index contributed by atoms with van der Waals surface area (Å²) in [6, 6.07) is 0.370. The van der Waals surface area contributed by atoms with Crippen LogP contribution in [0.5, 0.6) is 0 Å². The van der Waals surface area contributed by atoms with E-state index in [0.717, 1.165) is 38.5 Å². The molecule has 2 aliphatic rings. The number of amides is 1. The van der Waals surface area contributed by atoms with Crippen molar-refractivity contribution in [1.29, 1.82) is 0 Å². The van der Waals surface area contributed by atoms with Crippen LogP contribution < -0.4 is 11.1 Å². The summed E-state index contributed by atoms with van der Waals surface area (Å²) in [6.07, 6.45) is 6.32. The Morgan fingerprint density at radius 1 is 1.28 bits per heavy atom. The Morgan fingerprint density at radius 2 is 2.06 bits per heavy atom. The first kappa shape index (κ1) is 11.6. The van der Waals surface area contributed by atoms with Gasteiger partial charge in [-0.25, -0.2) is 0 Å². The summed E-state index contributed by atoms with van der Waals surface area (Å²) >= 11 is 0. The van der Waals surface area contributed by atoms with E-state index in [1.54, 1.807) is 0 Å². The van der Waals surface area contributed by atoms with Gasteiger partial charge in [0.25, 0.3) is 11.7 Å². The molecule has 0 spiro atoms. The topological polar surface area (TPSA) is 94.0 Å². The summed E-state index contributed by atoms with van der Waals surface area (Å²) in [7, 11) is 0. The van der Waals surface area contributed by atoms with Gasteiger partial charge < -0.3 is 15.6 Å². The fourth-order valence-electron chi connectivity index (χ4n) is 2.42. The molecule has 2 fully saturated rings. The number of carbonyl (C=O) groups is 1. The highest BCUT2D eigenvalue weighted by Gasteiger charge is 2.30. The minimum Gasteiger partial charge on any atom is -0.346 e. The van der Waals surface area contributed by atoms with E-state index >= 15 is 0 Å². The predicted molar refractivity (Wildman–Crippen MR) is 64.0 cm³/mol. The highest BCUT2D eigenvalue weighted by molar-refractivity contribution is 5.90. The zero-order chi connectivity index (χ0) is 12.5. The van der Waals surface area contributed by atoms with Crippen molar-refractivity contribution in [2.45, 2.75) is 56.5 Å². The van der Waals surface area contributed by atoms with Gasteiger partial charge >= 0.3 is 0 Å². The molecule has 2 unspecified atom stereocenters. The molecule has 1 heterocycles. The van der Waals surface area contributed by atoms with Crippen LogP contribution in [0.3, 0.4) is 0 Å². The van der Waals surface area contributed by atoms with E-state index in [9.17, 15) is 4.79 Å². The second-order valence-corrected chi connectivity index (χ2v) is 5.26. The van der Waals surface area contributed by atoms with Crippen molar-refractivity contribution >= 4 is 5.91 Å². The Balaban J connectivity index is 1.69. The van der Waals surface area contributed by atoms with Gasteiger partial charge in [0.15, 0.2) is 0 Å². The molecule has 18 heavy (non-hydrogen) atoms. The zero-order valence-corrected chi connectivity index (χ0v) is 10.3. The van der Waals surface area contributed by atoms with Gasteiger partial charge in [-0.15, -0.1) is 0 Å². The fraction of sp³-hybridized carbons (Fsp3) is 0.750. The summed E-state index contributed by atoms with van der Waals surface area (Å²) in [4.78, 5) is 15.9. The van der Waals surface area contributed by atoms with Crippen LogP contribution in [-0.2, 0) is 0 Å². The molecule has 3 N–H and O–H groups in total.